The van der Waals surface area contributed by atoms with Gasteiger partial charge in [0, 0.05) is 21.2 Å². The Kier molecular flexibility index (Phi) is 4.70. The molecule has 0 atom stereocenters. The Morgan fingerprint density at radius 2 is 1.72 bits per heavy atom. The molecule has 4 heteroatoms. The largest absolute Gasteiger partial charge is 0.298 e. The molecule has 92 valence electrons. The zero-order chi connectivity index (χ0) is 13.0. The summed E-state index contributed by atoms with van der Waals surface area (Å²) < 4.78 is 0. The number of rotatable bonds is 4. The van der Waals surface area contributed by atoms with Crippen LogP contribution in [0.5, 0.6) is 0 Å². The molecule has 0 spiro atoms. The second-order valence-corrected chi connectivity index (χ2v) is 5.46. The van der Waals surface area contributed by atoms with Crippen LogP contribution < -0.4 is 0 Å². The van der Waals surface area contributed by atoms with E-state index in [2.05, 4.69) is 0 Å². The average Bonchev–Trinajstić information content (AvgIpc) is 2.39. The number of thioether (sulfide) groups is 1. The molecule has 2 aromatic carbocycles. The Bertz CT molecular complexity index is 569. The van der Waals surface area contributed by atoms with Crippen molar-refractivity contribution in [2.75, 3.05) is 0 Å². The van der Waals surface area contributed by atoms with E-state index in [0.717, 1.165) is 21.8 Å². The summed E-state index contributed by atoms with van der Waals surface area (Å²) in [5.41, 5.74) is 1.64. The Balaban J connectivity index is 2.21. The van der Waals surface area contributed by atoms with Crippen LogP contribution in [-0.2, 0) is 5.75 Å². The fraction of sp³-hybridized carbons (Fsp3) is 0.0714. The van der Waals surface area contributed by atoms with Crippen LogP contribution in [0.4, 0.5) is 0 Å². The molecule has 0 saturated heterocycles. The second kappa shape index (κ2) is 6.28. The molecule has 0 radical (unpaired) electrons. The van der Waals surface area contributed by atoms with Gasteiger partial charge in [-0.3, -0.25) is 4.79 Å². The van der Waals surface area contributed by atoms with Gasteiger partial charge in [0.25, 0.3) is 0 Å². The minimum Gasteiger partial charge on any atom is -0.298 e. The van der Waals surface area contributed by atoms with Gasteiger partial charge in [-0.2, -0.15) is 0 Å². The van der Waals surface area contributed by atoms with Gasteiger partial charge in [-0.05, 0) is 17.7 Å². The molecule has 1 nitrogen and oxygen atoms in total. The van der Waals surface area contributed by atoms with Gasteiger partial charge in [0.15, 0.2) is 6.29 Å². The molecule has 0 amide bonds. The fourth-order valence-corrected chi connectivity index (χ4v) is 3.20. The van der Waals surface area contributed by atoms with Gasteiger partial charge in [-0.25, -0.2) is 0 Å². The van der Waals surface area contributed by atoms with Gasteiger partial charge in [0.2, 0.25) is 0 Å². The quantitative estimate of drug-likeness (QED) is 0.577. The molecule has 2 aromatic rings. The van der Waals surface area contributed by atoms with Gasteiger partial charge >= 0.3 is 0 Å². The first-order valence-electron chi connectivity index (χ1n) is 5.32. The van der Waals surface area contributed by atoms with Crippen molar-refractivity contribution < 1.29 is 4.79 Å². The first-order chi connectivity index (χ1) is 8.72. The lowest BCUT2D eigenvalue weighted by atomic mass is 10.2. The molecule has 0 unspecified atom stereocenters. The van der Waals surface area contributed by atoms with Crippen molar-refractivity contribution in [1.82, 2.24) is 0 Å². The number of halogens is 2. The lowest BCUT2D eigenvalue weighted by molar-refractivity contribution is 0.112. The SMILES string of the molecule is O=Cc1cccc(Cl)c1SCc1ccccc1Cl. The minimum absolute atomic E-state index is 0.594. The van der Waals surface area contributed by atoms with Gasteiger partial charge in [0.1, 0.15) is 0 Å². The van der Waals surface area contributed by atoms with Gasteiger partial charge in [0.05, 0.1) is 5.02 Å². The molecule has 0 N–H and O–H groups in total. The summed E-state index contributed by atoms with van der Waals surface area (Å²) in [5.74, 6) is 0.685. The molecule has 18 heavy (non-hydrogen) atoms. The van der Waals surface area contributed by atoms with E-state index in [0.29, 0.717) is 16.3 Å². The van der Waals surface area contributed by atoms with E-state index in [-0.39, 0.29) is 0 Å². The molecule has 2 rings (SSSR count). The Labute approximate surface area is 120 Å². The van der Waals surface area contributed by atoms with Crippen molar-refractivity contribution in [3.05, 3.63) is 63.6 Å². The number of carbonyl (C=O) groups excluding carboxylic acids is 1. The van der Waals surface area contributed by atoms with Gasteiger partial charge in [-0.1, -0.05) is 53.5 Å². The molecule has 0 aliphatic rings. The van der Waals surface area contributed by atoms with Crippen molar-refractivity contribution in [3.8, 4) is 0 Å². The van der Waals surface area contributed by atoms with E-state index in [4.69, 9.17) is 23.2 Å². The lowest BCUT2D eigenvalue weighted by Crippen LogP contribution is -1.88. The molecule has 0 aliphatic carbocycles. The average molecular weight is 297 g/mol. The van der Waals surface area contributed by atoms with E-state index >= 15 is 0 Å². The summed E-state index contributed by atoms with van der Waals surface area (Å²) in [6.45, 7) is 0. The number of hydrogen-bond donors (Lipinski definition) is 0. The molecule has 0 aromatic heterocycles. The summed E-state index contributed by atoms with van der Waals surface area (Å²) >= 11 is 13.7. The molecule has 0 fully saturated rings. The Morgan fingerprint density at radius 3 is 2.44 bits per heavy atom. The summed E-state index contributed by atoms with van der Waals surface area (Å²) in [6, 6.07) is 13.0. The van der Waals surface area contributed by atoms with E-state index in [1.54, 1.807) is 18.2 Å². The third-order valence-corrected chi connectivity index (χ3v) is 4.45. The number of benzene rings is 2. The highest BCUT2D eigenvalue weighted by molar-refractivity contribution is 7.98. The number of carbonyl (C=O) groups is 1. The fourth-order valence-electron chi connectivity index (χ4n) is 1.54. The van der Waals surface area contributed by atoms with E-state index in [1.807, 2.05) is 24.3 Å². The van der Waals surface area contributed by atoms with Gasteiger partial charge < -0.3 is 0 Å². The van der Waals surface area contributed by atoms with Crippen molar-refractivity contribution in [2.24, 2.45) is 0 Å². The maximum Gasteiger partial charge on any atom is 0.151 e. The molecule has 0 saturated carbocycles. The summed E-state index contributed by atoms with van der Waals surface area (Å²) in [4.78, 5) is 11.8. The Morgan fingerprint density at radius 1 is 1.00 bits per heavy atom. The molecule has 0 heterocycles. The van der Waals surface area contributed by atoms with Crippen LogP contribution in [0.1, 0.15) is 15.9 Å². The van der Waals surface area contributed by atoms with Crippen LogP contribution >= 0.6 is 35.0 Å². The van der Waals surface area contributed by atoms with Crippen molar-refractivity contribution >= 4 is 41.2 Å². The highest BCUT2D eigenvalue weighted by atomic mass is 35.5. The number of aldehydes is 1. The molecular formula is C14H10Cl2OS. The van der Waals surface area contributed by atoms with Crippen LogP contribution in [-0.4, -0.2) is 6.29 Å². The zero-order valence-electron chi connectivity index (χ0n) is 9.40. The van der Waals surface area contributed by atoms with Crippen LogP contribution in [0.3, 0.4) is 0 Å². The van der Waals surface area contributed by atoms with Gasteiger partial charge in [-0.15, -0.1) is 11.8 Å². The highest BCUT2D eigenvalue weighted by Gasteiger charge is 2.08. The zero-order valence-corrected chi connectivity index (χ0v) is 11.7. The molecule has 0 bridgehead atoms. The predicted molar refractivity (Wildman–Crippen MR) is 77.9 cm³/mol. The summed E-state index contributed by atoms with van der Waals surface area (Å²) in [5, 5.41) is 1.32. The Hall–Kier alpha value is -0.960. The van der Waals surface area contributed by atoms with Crippen LogP contribution in [0.25, 0.3) is 0 Å². The minimum atomic E-state index is 0.594. The topological polar surface area (TPSA) is 17.1 Å². The first kappa shape index (κ1) is 13.5. The molecular weight excluding hydrogens is 287 g/mol. The van der Waals surface area contributed by atoms with E-state index in [9.17, 15) is 4.79 Å². The smallest absolute Gasteiger partial charge is 0.151 e. The van der Waals surface area contributed by atoms with Crippen molar-refractivity contribution in [1.29, 1.82) is 0 Å². The van der Waals surface area contributed by atoms with E-state index in [1.165, 1.54) is 11.8 Å². The van der Waals surface area contributed by atoms with Crippen LogP contribution in [0, 0.1) is 0 Å². The maximum atomic E-state index is 11.0. The van der Waals surface area contributed by atoms with Crippen molar-refractivity contribution in [2.45, 2.75) is 10.6 Å². The van der Waals surface area contributed by atoms with Crippen LogP contribution in [0.15, 0.2) is 47.4 Å². The predicted octanol–water partition coefficient (Wildman–Crippen LogP) is 5.10. The third-order valence-electron chi connectivity index (χ3n) is 2.45. The molecule has 0 aliphatic heterocycles. The monoisotopic (exact) mass is 296 g/mol. The normalized spacial score (nSPS) is 10.3. The second-order valence-electron chi connectivity index (χ2n) is 3.66. The number of hydrogen-bond acceptors (Lipinski definition) is 2. The summed E-state index contributed by atoms with van der Waals surface area (Å²) in [6.07, 6.45) is 0.820. The first-order valence-corrected chi connectivity index (χ1v) is 7.06. The highest BCUT2D eigenvalue weighted by Crippen LogP contribution is 2.33. The standard InChI is InChI=1S/C14H10Cl2OS/c15-12-6-2-1-4-11(12)9-18-14-10(8-17)5-3-7-13(14)16/h1-8H,9H2. The van der Waals surface area contributed by atoms with Crippen molar-refractivity contribution in [3.63, 3.8) is 0 Å². The third kappa shape index (κ3) is 3.08. The van der Waals surface area contributed by atoms with E-state index < -0.39 is 0 Å². The maximum absolute atomic E-state index is 11.0. The van der Waals surface area contributed by atoms with Crippen LogP contribution in [0.2, 0.25) is 10.0 Å². The lowest BCUT2D eigenvalue weighted by Gasteiger charge is -2.08. The summed E-state index contributed by atoms with van der Waals surface area (Å²) in [7, 11) is 0.